The molecular weight excluding hydrogens is 1120 g/mol. The topological polar surface area (TPSA) is 520 Å². The van der Waals surface area contributed by atoms with Crippen molar-refractivity contribution in [3.63, 3.8) is 0 Å². The van der Waals surface area contributed by atoms with Crippen molar-refractivity contribution in [3.05, 3.63) is 77.1 Å². The third-order valence-electron chi connectivity index (χ3n) is 13.7. The normalized spacial score (nSPS) is 35.3. The lowest BCUT2D eigenvalue weighted by atomic mass is 9.98. The standard InChI is InChI=1S/C51H60O32/c52-13-27-35(61)39(65)43(69)48(80-27)75-20-4-1-17(2-5-20)3-6-32(58)73-15-29-37(63)41(67)45(71)50(82-29)78-25-8-18(7-24(34(25)60)77-49-44(70)40(66)36(62)28(14-53)81-49)47-26(11-21-22(55)9-19(54)10-23(21)76-47)79-51-46(72)42(68)38(64)30(83-51)16-74-33(59)12-31(56)57/h1-11,27-30,35-55,60-72H,12-16H2,(H,56,57)/p+1/b6-3+/t27-,28+,29-,30+,35-,36-,37-,38-,39+,40+,41+,42+,43-,44-,45-,46+,47?,48-,49-,50-,51-/m1/s1. The van der Waals surface area contributed by atoms with Crippen molar-refractivity contribution in [3.8, 4) is 40.2 Å². The maximum absolute atomic E-state index is 12.9. The molecule has 4 fully saturated rings. The summed E-state index contributed by atoms with van der Waals surface area (Å²) in [6.07, 6.45) is -36.7. The quantitative estimate of drug-likeness (QED) is 0.0230. The van der Waals surface area contributed by atoms with Gasteiger partial charge in [0.05, 0.1) is 24.8 Å². The van der Waals surface area contributed by atoms with Crippen LogP contribution < -0.4 is 14.2 Å². The first-order valence-corrected chi connectivity index (χ1v) is 25.2. The first-order valence-electron chi connectivity index (χ1n) is 25.2. The number of benzene rings is 3. The van der Waals surface area contributed by atoms with Crippen molar-refractivity contribution >= 4 is 30.1 Å². The van der Waals surface area contributed by atoms with E-state index in [4.69, 9.17) is 52.5 Å². The van der Waals surface area contributed by atoms with Gasteiger partial charge in [-0.1, -0.05) is 12.1 Å². The van der Waals surface area contributed by atoms with E-state index < -0.39 is 214 Å². The molecule has 21 atom stereocenters. The third-order valence-corrected chi connectivity index (χ3v) is 13.7. The Hall–Kier alpha value is -6.77. The molecule has 0 aromatic heterocycles. The first-order chi connectivity index (χ1) is 39.4. The molecule has 83 heavy (non-hydrogen) atoms. The second-order valence-corrected chi connectivity index (χ2v) is 19.5. The molecule has 0 aliphatic carbocycles. The van der Waals surface area contributed by atoms with Gasteiger partial charge in [0.2, 0.25) is 30.9 Å². The molecular formula is C51H61O32+. The van der Waals surface area contributed by atoms with Gasteiger partial charge in [-0.2, -0.15) is 0 Å². The lowest BCUT2D eigenvalue weighted by molar-refractivity contribution is -0.296. The van der Waals surface area contributed by atoms with Gasteiger partial charge < -0.3 is 144 Å². The number of carbonyl (C=O) groups excluding carboxylic acids is 2. The molecule has 456 valence electrons. The van der Waals surface area contributed by atoms with Gasteiger partial charge in [0.25, 0.3) is 11.9 Å². The molecule has 0 amide bonds. The molecule has 0 saturated carbocycles. The van der Waals surface area contributed by atoms with Gasteiger partial charge in [0.15, 0.2) is 17.3 Å². The molecule has 0 radical (unpaired) electrons. The number of ether oxygens (including phenoxy) is 11. The zero-order valence-electron chi connectivity index (χ0n) is 42.8. The number of hydrogen-bond donors (Lipinski definition) is 18. The first kappa shape index (κ1) is 62.3. The SMILES string of the molecule is O=C(O)CC(=O)OC[C@@H]1O[C@@H](OC2=Cc3c(O)cc(O)cc3[OH+]C2c2cc(O[C@@H]3O[C@@H](CO)[C@@H](O)[C@H](O)[C@H]3O)c(O)c(O[C@@H]3O[C@H](COC(=O)/C=C/c4ccc(O[C@@H]5O[C@H](CO)[C@@H](O)[C@H](O)[C@H]5O)cc4)[C@@H](O)[C@H](O)[C@H]3O)c2)[C@@H](O)[C@@H](O)[C@@H]1O. The van der Waals surface area contributed by atoms with Crippen LogP contribution in [0, 0.1) is 0 Å². The summed E-state index contributed by atoms with van der Waals surface area (Å²) in [6.45, 7) is -3.31. The molecule has 1 unspecified atom stereocenters. The summed E-state index contributed by atoms with van der Waals surface area (Å²) in [6, 6.07) is 9.69. The van der Waals surface area contributed by atoms with Crippen molar-refractivity contribution in [1.29, 1.82) is 0 Å². The van der Waals surface area contributed by atoms with Gasteiger partial charge in [-0.25, -0.2) is 4.79 Å². The molecule has 8 rings (SSSR count). The minimum absolute atomic E-state index is 0.116. The summed E-state index contributed by atoms with van der Waals surface area (Å²) in [5.74, 6) is -8.00. The number of aliphatic hydroxyl groups is 15. The second kappa shape index (κ2) is 26.4. The Labute approximate surface area is 466 Å². The number of hydrogen-bond acceptors (Lipinski definition) is 30. The average molecular weight is 1190 g/mol. The average Bonchev–Trinajstić information content (AvgIpc) is 3.64. The van der Waals surface area contributed by atoms with E-state index in [0.29, 0.717) is 5.56 Å². The molecule has 4 saturated heterocycles. The number of fused-ring (bicyclic) bond motifs is 1. The van der Waals surface area contributed by atoms with Crippen molar-refractivity contribution in [1.82, 2.24) is 0 Å². The van der Waals surface area contributed by atoms with Gasteiger partial charge in [-0.3, -0.25) is 9.59 Å². The van der Waals surface area contributed by atoms with Gasteiger partial charge in [0, 0.05) is 18.2 Å². The van der Waals surface area contributed by atoms with E-state index in [1.54, 1.807) is 0 Å². The molecule has 32 nitrogen and oxygen atoms in total. The molecule has 19 N–H and O–H groups in total. The van der Waals surface area contributed by atoms with Crippen LogP contribution in [0.15, 0.2) is 60.4 Å². The molecule has 3 aromatic carbocycles. The Bertz CT molecular complexity index is 2810. The Balaban J connectivity index is 1.05. The fraction of sp³-hybridized carbons (Fsp3) is 0.510. The summed E-state index contributed by atoms with van der Waals surface area (Å²) in [5.41, 5.74) is -0.00169. The maximum Gasteiger partial charge on any atom is 0.330 e. The Morgan fingerprint density at radius 1 is 0.542 bits per heavy atom. The van der Waals surface area contributed by atoms with E-state index in [1.807, 2.05) is 0 Å². The number of aromatic hydroxyl groups is 4. The highest BCUT2D eigenvalue weighted by atomic mass is 16.7. The Morgan fingerprint density at radius 3 is 1.49 bits per heavy atom. The second-order valence-electron chi connectivity index (χ2n) is 19.5. The van der Waals surface area contributed by atoms with Crippen LogP contribution in [0.1, 0.15) is 29.2 Å². The van der Waals surface area contributed by atoms with Crippen molar-refractivity contribution in [2.75, 3.05) is 26.4 Å². The van der Waals surface area contributed by atoms with E-state index in [0.717, 1.165) is 36.4 Å². The van der Waals surface area contributed by atoms with Crippen molar-refractivity contribution in [2.24, 2.45) is 0 Å². The molecule has 32 heteroatoms. The smallest absolute Gasteiger partial charge is 0.330 e. The van der Waals surface area contributed by atoms with Crippen LogP contribution in [0.25, 0.3) is 12.2 Å². The lowest BCUT2D eigenvalue weighted by Crippen LogP contribution is -2.60. The van der Waals surface area contributed by atoms with E-state index >= 15 is 0 Å². The molecule has 5 aliphatic heterocycles. The zero-order chi connectivity index (χ0) is 60.3. The minimum Gasteiger partial charge on any atom is -0.571 e. The number of carboxylic acids is 1. The van der Waals surface area contributed by atoms with Crippen LogP contribution in [0.5, 0.6) is 40.2 Å². The van der Waals surface area contributed by atoms with Crippen LogP contribution in [-0.2, 0) is 47.5 Å². The molecule has 0 spiro atoms. The minimum atomic E-state index is -2.18. The third kappa shape index (κ3) is 13.9. The summed E-state index contributed by atoms with van der Waals surface area (Å²) in [5, 5.41) is 190. The van der Waals surface area contributed by atoms with Crippen molar-refractivity contribution < 1.29 is 158 Å². The van der Waals surface area contributed by atoms with Crippen LogP contribution >= 0.6 is 0 Å². The maximum atomic E-state index is 12.9. The number of aliphatic carboxylic acids is 1. The zero-order valence-corrected chi connectivity index (χ0v) is 42.8. The number of phenols is 3. The highest BCUT2D eigenvalue weighted by Gasteiger charge is 2.51. The monoisotopic (exact) mass is 1190 g/mol. The highest BCUT2D eigenvalue weighted by Crippen LogP contribution is 2.49. The highest BCUT2D eigenvalue weighted by molar-refractivity contribution is 5.90. The number of esters is 2. The molecule has 5 aliphatic rings. The summed E-state index contributed by atoms with van der Waals surface area (Å²) in [7, 11) is 0. The van der Waals surface area contributed by atoms with Gasteiger partial charge in [-0.05, 0) is 35.9 Å². The summed E-state index contributed by atoms with van der Waals surface area (Å²) in [4.78, 5) is 36.0. The fourth-order valence-corrected chi connectivity index (χ4v) is 9.10. The molecule has 0 bridgehead atoms. The van der Waals surface area contributed by atoms with Gasteiger partial charge >= 0.3 is 17.9 Å². The number of aliphatic hydroxyl groups excluding tert-OH is 14. The largest absolute Gasteiger partial charge is 0.571 e. The van der Waals surface area contributed by atoms with Crippen LogP contribution in [-0.4, -0.2) is 264 Å². The van der Waals surface area contributed by atoms with Gasteiger partial charge in [-0.15, -0.1) is 0 Å². The van der Waals surface area contributed by atoms with Crippen molar-refractivity contribution in [2.45, 2.75) is 135 Å². The number of carbonyl (C=O) groups is 3. The summed E-state index contributed by atoms with van der Waals surface area (Å²) >= 11 is 0. The Kier molecular flexibility index (Phi) is 19.8. The number of phenolic OH excluding ortho intramolecular Hbond substituents is 3. The van der Waals surface area contributed by atoms with Crippen LogP contribution in [0.4, 0.5) is 0 Å². The van der Waals surface area contributed by atoms with E-state index in [1.165, 1.54) is 30.3 Å². The van der Waals surface area contributed by atoms with E-state index in [-0.39, 0.29) is 22.6 Å². The van der Waals surface area contributed by atoms with Crippen LogP contribution in [0.3, 0.4) is 0 Å². The van der Waals surface area contributed by atoms with Gasteiger partial charge in [0.1, 0.15) is 140 Å². The number of carboxylic acid groups (broad SMARTS) is 1. The van der Waals surface area contributed by atoms with E-state index in [9.17, 15) is 101 Å². The van der Waals surface area contributed by atoms with E-state index in [2.05, 4.69) is 4.74 Å². The lowest BCUT2D eigenvalue weighted by Gasteiger charge is -2.41. The number of rotatable bonds is 19. The summed E-state index contributed by atoms with van der Waals surface area (Å²) < 4.78 is 60.3. The predicted octanol–water partition coefficient (Wildman–Crippen LogP) is -6.22. The predicted molar refractivity (Wildman–Crippen MR) is 264 cm³/mol. The molecule has 3 aromatic rings. The van der Waals surface area contributed by atoms with Crippen LogP contribution in [0.2, 0.25) is 0 Å². The Morgan fingerprint density at radius 2 is 1.00 bits per heavy atom. The fourth-order valence-electron chi connectivity index (χ4n) is 9.10. The molecule has 5 heterocycles.